The monoisotopic (exact) mass is 283 g/mol. The van der Waals surface area contributed by atoms with Crippen molar-refractivity contribution in [2.45, 2.75) is 91.7 Å². The van der Waals surface area contributed by atoms with Crippen molar-refractivity contribution < 1.29 is 4.74 Å². The second kappa shape index (κ2) is 9.04. The van der Waals surface area contributed by atoms with Crippen LogP contribution in [0.3, 0.4) is 0 Å². The Hall–Kier alpha value is -0.0800. The molecule has 1 saturated carbocycles. The average molecular weight is 284 g/mol. The van der Waals surface area contributed by atoms with E-state index in [2.05, 4.69) is 39.9 Å². The molecule has 1 N–H and O–H groups in total. The fourth-order valence-corrected chi connectivity index (χ4v) is 3.61. The fourth-order valence-electron chi connectivity index (χ4n) is 3.61. The van der Waals surface area contributed by atoms with Crippen LogP contribution in [-0.2, 0) is 4.74 Å². The van der Waals surface area contributed by atoms with Gasteiger partial charge in [0.05, 0.1) is 6.10 Å². The van der Waals surface area contributed by atoms with Gasteiger partial charge in [-0.1, -0.05) is 47.5 Å². The average Bonchev–Trinajstić information content (AvgIpc) is 2.29. The summed E-state index contributed by atoms with van der Waals surface area (Å²) in [6.07, 6.45) is 9.55. The zero-order valence-electron chi connectivity index (χ0n) is 14.5. The maximum absolute atomic E-state index is 6.12. The molecule has 1 aliphatic carbocycles. The Morgan fingerprint density at radius 1 is 1.10 bits per heavy atom. The number of hydrogen-bond acceptors (Lipinski definition) is 2. The van der Waals surface area contributed by atoms with Gasteiger partial charge in [-0.2, -0.15) is 0 Å². The van der Waals surface area contributed by atoms with E-state index in [9.17, 15) is 0 Å². The lowest BCUT2D eigenvalue weighted by Crippen LogP contribution is -2.32. The zero-order valence-corrected chi connectivity index (χ0v) is 14.5. The topological polar surface area (TPSA) is 21.3 Å². The summed E-state index contributed by atoms with van der Waals surface area (Å²) >= 11 is 0. The van der Waals surface area contributed by atoms with Crippen LogP contribution < -0.4 is 5.32 Å². The Bertz CT molecular complexity index is 250. The van der Waals surface area contributed by atoms with Gasteiger partial charge in [-0.25, -0.2) is 0 Å². The summed E-state index contributed by atoms with van der Waals surface area (Å²) in [6, 6.07) is 0.620. The first-order valence-electron chi connectivity index (χ1n) is 8.74. The second-order valence-electron chi connectivity index (χ2n) is 7.93. The molecule has 0 saturated heterocycles. The van der Waals surface area contributed by atoms with E-state index in [4.69, 9.17) is 4.74 Å². The third-order valence-corrected chi connectivity index (χ3v) is 4.32. The number of nitrogens with one attached hydrogen (secondary N) is 1. The van der Waals surface area contributed by atoms with Crippen LogP contribution in [-0.4, -0.2) is 25.3 Å². The molecule has 2 heteroatoms. The van der Waals surface area contributed by atoms with Crippen LogP contribution in [0, 0.1) is 11.3 Å². The van der Waals surface area contributed by atoms with Gasteiger partial charge in [-0.15, -0.1) is 0 Å². The minimum Gasteiger partial charge on any atom is -0.378 e. The van der Waals surface area contributed by atoms with Crippen LogP contribution >= 0.6 is 0 Å². The van der Waals surface area contributed by atoms with Gasteiger partial charge in [-0.05, 0) is 50.0 Å². The molecule has 1 fully saturated rings. The molecule has 0 aromatic rings. The summed E-state index contributed by atoms with van der Waals surface area (Å²) in [5.41, 5.74) is 0.477. The molecule has 2 atom stereocenters. The maximum Gasteiger partial charge on any atom is 0.0582 e. The highest BCUT2D eigenvalue weighted by molar-refractivity contribution is 4.83. The van der Waals surface area contributed by atoms with Crippen molar-refractivity contribution in [1.82, 2.24) is 5.32 Å². The van der Waals surface area contributed by atoms with Crippen molar-refractivity contribution in [3.05, 3.63) is 0 Å². The van der Waals surface area contributed by atoms with E-state index >= 15 is 0 Å². The third kappa shape index (κ3) is 8.26. The van der Waals surface area contributed by atoms with Crippen molar-refractivity contribution >= 4 is 0 Å². The van der Waals surface area contributed by atoms with Crippen molar-refractivity contribution in [1.29, 1.82) is 0 Å². The van der Waals surface area contributed by atoms with E-state index in [1.807, 2.05) is 0 Å². The van der Waals surface area contributed by atoms with E-state index in [0.29, 0.717) is 17.6 Å². The van der Waals surface area contributed by atoms with Gasteiger partial charge in [0.25, 0.3) is 0 Å². The van der Waals surface area contributed by atoms with Crippen molar-refractivity contribution in [2.75, 3.05) is 13.2 Å². The molecule has 1 rings (SSSR count). The van der Waals surface area contributed by atoms with Gasteiger partial charge in [0, 0.05) is 12.6 Å². The molecular formula is C18H37NO. The summed E-state index contributed by atoms with van der Waals surface area (Å²) in [5, 5.41) is 3.47. The molecular weight excluding hydrogens is 246 g/mol. The molecule has 1 aliphatic rings. The molecule has 0 spiro atoms. The van der Waals surface area contributed by atoms with Gasteiger partial charge in [-0.3, -0.25) is 0 Å². The number of ether oxygens (including phenoxy) is 1. The Morgan fingerprint density at radius 2 is 1.80 bits per heavy atom. The second-order valence-corrected chi connectivity index (χ2v) is 7.93. The quantitative estimate of drug-likeness (QED) is 0.615. The van der Waals surface area contributed by atoms with Gasteiger partial charge in [0.2, 0.25) is 0 Å². The lowest BCUT2D eigenvalue weighted by molar-refractivity contribution is -0.0240. The summed E-state index contributed by atoms with van der Waals surface area (Å²) in [5.74, 6) is 0.825. The fraction of sp³-hybridized carbons (Fsp3) is 1.00. The number of unbranched alkanes of at least 4 members (excludes halogenated alkanes) is 3. The molecule has 0 amide bonds. The molecule has 0 aromatic heterocycles. The smallest absolute Gasteiger partial charge is 0.0582 e. The molecule has 0 aromatic carbocycles. The van der Waals surface area contributed by atoms with Crippen molar-refractivity contribution in [3.8, 4) is 0 Å². The Balaban J connectivity index is 1.98. The largest absolute Gasteiger partial charge is 0.378 e. The van der Waals surface area contributed by atoms with Gasteiger partial charge in [0.15, 0.2) is 0 Å². The van der Waals surface area contributed by atoms with Gasteiger partial charge >= 0.3 is 0 Å². The van der Waals surface area contributed by atoms with Crippen LogP contribution in [0.2, 0.25) is 0 Å². The third-order valence-electron chi connectivity index (χ3n) is 4.32. The Kier molecular flexibility index (Phi) is 8.13. The van der Waals surface area contributed by atoms with E-state index in [1.54, 1.807) is 0 Å². The normalized spacial score (nSPS) is 26.1. The van der Waals surface area contributed by atoms with E-state index < -0.39 is 0 Å². The molecule has 0 bridgehead atoms. The standard InChI is InChI=1S/C18H37NO/c1-15(2)19-10-8-6-7-9-11-20-17-12-16(3)13-18(4,5)14-17/h15-17,19H,6-14H2,1-5H3. The highest BCUT2D eigenvalue weighted by atomic mass is 16.5. The van der Waals surface area contributed by atoms with Crippen LogP contribution in [0.25, 0.3) is 0 Å². The predicted molar refractivity (Wildman–Crippen MR) is 88.1 cm³/mol. The first-order valence-corrected chi connectivity index (χ1v) is 8.74. The maximum atomic E-state index is 6.12. The van der Waals surface area contributed by atoms with Crippen molar-refractivity contribution in [2.24, 2.45) is 11.3 Å². The lowest BCUT2D eigenvalue weighted by Gasteiger charge is -2.38. The first-order chi connectivity index (χ1) is 9.39. The molecule has 0 radical (unpaired) electrons. The SMILES string of the molecule is CC1CC(OCCCCCCNC(C)C)CC(C)(C)C1. The molecule has 0 heterocycles. The van der Waals surface area contributed by atoms with Gasteiger partial charge < -0.3 is 10.1 Å². The Labute approximate surface area is 127 Å². The predicted octanol–water partition coefficient (Wildman–Crippen LogP) is 4.78. The highest BCUT2D eigenvalue weighted by Crippen LogP contribution is 2.39. The van der Waals surface area contributed by atoms with E-state index in [-0.39, 0.29) is 0 Å². The van der Waals surface area contributed by atoms with E-state index in [1.165, 1.54) is 44.9 Å². The minimum absolute atomic E-state index is 0.477. The van der Waals surface area contributed by atoms with Crippen LogP contribution in [0.1, 0.15) is 79.6 Å². The lowest BCUT2D eigenvalue weighted by atomic mass is 9.71. The number of rotatable bonds is 9. The van der Waals surface area contributed by atoms with Crippen LogP contribution in [0.15, 0.2) is 0 Å². The first kappa shape index (κ1) is 18.0. The molecule has 0 aliphatic heterocycles. The van der Waals surface area contributed by atoms with Crippen LogP contribution in [0.4, 0.5) is 0 Å². The molecule has 2 nitrogen and oxygen atoms in total. The van der Waals surface area contributed by atoms with Crippen LogP contribution in [0.5, 0.6) is 0 Å². The minimum atomic E-state index is 0.477. The molecule has 2 unspecified atom stereocenters. The van der Waals surface area contributed by atoms with Gasteiger partial charge in [0.1, 0.15) is 0 Å². The summed E-state index contributed by atoms with van der Waals surface area (Å²) in [7, 11) is 0. The Morgan fingerprint density at radius 3 is 2.45 bits per heavy atom. The summed E-state index contributed by atoms with van der Waals surface area (Å²) in [4.78, 5) is 0. The number of hydrogen-bond donors (Lipinski definition) is 1. The summed E-state index contributed by atoms with van der Waals surface area (Å²) in [6.45, 7) is 13.7. The summed E-state index contributed by atoms with van der Waals surface area (Å²) < 4.78 is 6.12. The zero-order chi connectivity index (χ0) is 15.0. The molecule has 120 valence electrons. The van der Waals surface area contributed by atoms with Crippen molar-refractivity contribution in [3.63, 3.8) is 0 Å². The highest BCUT2D eigenvalue weighted by Gasteiger charge is 2.32. The molecule has 20 heavy (non-hydrogen) atoms. The van der Waals surface area contributed by atoms with E-state index in [0.717, 1.165) is 19.1 Å².